The number of hydrogen-bond donors (Lipinski definition) is 1. The van der Waals surface area contributed by atoms with Crippen LogP contribution in [0.2, 0.25) is 0 Å². The van der Waals surface area contributed by atoms with Gasteiger partial charge in [0.25, 0.3) is 0 Å². The monoisotopic (exact) mass is 344 g/mol. The van der Waals surface area contributed by atoms with Gasteiger partial charge < -0.3 is 15.0 Å². The normalized spacial score (nSPS) is 18.5. The first kappa shape index (κ1) is 18.4. The van der Waals surface area contributed by atoms with Crippen LogP contribution in [0.15, 0.2) is 30.3 Å². The van der Waals surface area contributed by atoms with Gasteiger partial charge in [0, 0.05) is 32.2 Å². The van der Waals surface area contributed by atoms with Gasteiger partial charge in [0.2, 0.25) is 5.91 Å². The average molecular weight is 344 g/mol. The molecule has 1 amide bonds. The molecule has 0 radical (unpaired) electrons. The first-order valence-corrected chi connectivity index (χ1v) is 9.94. The van der Waals surface area contributed by atoms with Crippen LogP contribution in [-0.2, 0) is 16.0 Å². The molecule has 1 N–H and O–H groups in total. The Morgan fingerprint density at radius 3 is 2.56 bits per heavy atom. The summed E-state index contributed by atoms with van der Waals surface area (Å²) in [5, 5.41) is 3.66. The Balaban J connectivity index is 1.20. The van der Waals surface area contributed by atoms with Gasteiger partial charge in [-0.3, -0.25) is 4.79 Å². The second kappa shape index (κ2) is 9.93. The molecule has 2 aliphatic rings. The van der Waals surface area contributed by atoms with Crippen molar-refractivity contribution < 1.29 is 9.53 Å². The summed E-state index contributed by atoms with van der Waals surface area (Å²) in [5.74, 6) is 1.23. The van der Waals surface area contributed by atoms with E-state index in [1.54, 1.807) is 0 Å². The molecule has 1 saturated heterocycles. The number of nitrogens with zero attached hydrogens (tertiary/aromatic N) is 1. The predicted octanol–water partition coefficient (Wildman–Crippen LogP) is 3.02. The molecule has 0 aromatic heterocycles. The standard InChI is InChI=1S/C21H32N2O2/c24-21(7-4-15-25-16-12-18-5-2-1-3-6-18)23-13-10-20(11-14-23)22-17-19-8-9-19/h1-3,5-6,19-20,22H,4,7-17H2. The number of piperidine rings is 1. The van der Waals surface area contributed by atoms with Gasteiger partial charge in [-0.1, -0.05) is 30.3 Å². The Hall–Kier alpha value is -1.39. The molecule has 0 unspecified atom stereocenters. The third-order valence-corrected chi connectivity index (χ3v) is 5.30. The summed E-state index contributed by atoms with van der Waals surface area (Å²) < 4.78 is 5.67. The molecule has 0 spiro atoms. The van der Waals surface area contributed by atoms with E-state index in [4.69, 9.17) is 4.74 Å². The number of benzene rings is 1. The van der Waals surface area contributed by atoms with Crippen LogP contribution < -0.4 is 5.32 Å². The number of amides is 1. The average Bonchev–Trinajstić information content (AvgIpc) is 3.48. The second-order valence-corrected chi connectivity index (χ2v) is 7.46. The van der Waals surface area contributed by atoms with Crippen molar-refractivity contribution in [1.82, 2.24) is 10.2 Å². The first-order valence-electron chi connectivity index (χ1n) is 9.94. The molecule has 1 aliphatic carbocycles. The smallest absolute Gasteiger partial charge is 0.222 e. The van der Waals surface area contributed by atoms with Gasteiger partial charge in [-0.2, -0.15) is 0 Å². The zero-order valence-electron chi connectivity index (χ0n) is 15.3. The largest absolute Gasteiger partial charge is 0.381 e. The second-order valence-electron chi connectivity index (χ2n) is 7.46. The van der Waals surface area contributed by atoms with Crippen LogP contribution in [0.25, 0.3) is 0 Å². The number of nitrogens with one attached hydrogen (secondary N) is 1. The third-order valence-electron chi connectivity index (χ3n) is 5.30. The molecule has 0 bridgehead atoms. The molecule has 3 rings (SSSR count). The third kappa shape index (κ3) is 6.79. The number of carbonyl (C=O) groups is 1. The maximum atomic E-state index is 12.3. The number of carbonyl (C=O) groups excluding carboxylic acids is 1. The van der Waals surface area contributed by atoms with Crippen LogP contribution >= 0.6 is 0 Å². The molecule has 1 aromatic rings. The fraction of sp³-hybridized carbons (Fsp3) is 0.667. The molecule has 25 heavy (non-hydrogen) atoms. The van der Waals surface area contributed by atoms with Gasteiger partial charge in [-0.25, -0.2) is 0 Å². The summed E-state index contributed by atoms with van der Waals surface area (Å²) in [6, 6.07) is 11.0. The van der Waals surface area contributed by atoms with Gasteiger partial charge in [0.15, 0.2) is 0 Å². The zero-order chi connectivity index (χ0) is 17.3. The first-order chi connectivity index (χ1) is 12.3. The van der Waals surface area contributed by atoms with Crippen LogP contribution in [0.3, 0.4) is 0 Å². The summed E-state index contributed by atoms with van der Waals surface area (Å²) in [5.41, 5.74) is 1.30. The van der Waals surface area contributed by atoms with Crippen LogP contribution in [0, 0.1) is 5.92 Å². The maximum Gasteiger partial charge on any atom is 0.222 e. The van der Waals surface area contributed by atoms with E-state index < -0.39 is 0 Å². The van der Waals surface area contributed by atoms with E-state index >= 15 is 0 Å². The van der Waals surface area contributed by atoms with Crippen LogP contribution in [-0.4, -0.2) is 49.7 Å². The van der Waals surface area contributed by atoms with Crippen molar-refractivity contribution in [2.45, 2.75) is 51.0 Å². The number of hydrogen-bond acceptors (Lipinski definition) is 3. The van der Waals surface area contributed by atoms with Crippen molar-refractivity contribution in [2.24, 2.45) is 5.92 Å². The van der Waals surface area contributed by atoms with Crippen molar-refractivity contribution in [3.8, 4) is 0 Å². The molecule has 1 saturated carbocycles. The quantitative estimate of drug-likeness (QED) is 0.664. The van der Waals surface area contributed by atoms with E-state index in [0.29, 0.717) is 25.0 Å². The van der Waals surface area contributed by atoms with E-state index in [1.165, 1.54) is 24.9 Å². The molecule has 2 fully saturated rings. The topological polar surface area (TPSA) is 41.6 Å². The Labute approximate surface area is 151 Å². The SMILES string of the molecule is O=C(CCCOCCc1ccccc1)N1CCC(NCC2CC2)CC1. The molecule has 4 heteroatoms. The summed E-state index contributed by atoms with van der Waals surface area (Å²) >= 11 is 0. The lowest BCUT2D eigenvalue weighted by molar-refractivity contribution is -0.132. The minimum Gasteiger partial charge on any atom is -0.381 e. The lowest BCUT2D eigenvalue weighted by Gasteiger charge is -2.32. The minimum atomic E-state index is 0.298. The zero-order valence-corrected chi connectivity index (χ0v) is 15.3. The molecule has 138 valence electrons. The van der Waals surface area contributed by atoms with E-state index in [2.05, 4.69) is 29.6 Å². The molecular formula is C21H32N2O2. The molecule has 1 heterocycles. The Kier molecular flexibility index (Phi) is 7.31. The van der Waals surface area contributed by atoms with Gasteiger partial charge in [-0.15, -0.1) is 0 Å². The van der Waals surface area contributed by atoms with E-state index in [9.17, 15) is 4.79 Å². The molecule has 1 aliphatic heterocycles. The fourth-order valence-electron chi connectivity index (χ4n) is 3.41. The number of rotatable bonds is 10. The van der Waals surface area contributed by atoms with Crippen molar-refractivity contribution in [2.75, 3.05) is 32.8 Å². The Bertz CT molecular complexity index is 508. The highest BCUT2D eigenvalue weighted by molar-refractivity contribution is 5.76. The van der Waals surface area contributed by atoms with Crippen molar-refractivity contribution >= 4 is 5.91 Å². The highest BCUT2D eigenvalue weighted by atomic mass is 16.5. The number of likely N-dealkylation sites (tertiary alicyclic amines) is 1. The summed E-state index contributed by atoms with van der Waals surface area (Å²) in [6.45, 7) is 4.42. The van der Waals surface area contributed by atoms with Gasteiger partial charge in [0.05, 0.1) is 6.61 Å². The highest BCUT2D eigenvalue weighted by Crippen LogP contribution is 2.28. The summed E-state index contributed by atoms with van der Waals surface area (Å²) in [6.07, 6.45) is 7.39. The highest BCUT2D eigenvalue weighted by Gasteiger charge is 2.25. The molecule has 1 aromatic carbocycles. The molecule has 0 atom stereocenters. The van der Waals surface area contributed by atoms with Crippen LogP contribution in [0.1, 0.15) is 44.1 Å². The lowest BCUT2D eigenvalue weighted by atomic mass is 10.0. The van der Waals surface area contributed by atoms with Gasteiger partial charge in [-0.05, 0) is 56.6 Å². The van der Waals surface area contributed by atoms with E-state index in [0.717, 1.165) is 51.3 Å². The summed E-state index contributed by atoms with van der Waals surface area (Å²) in [7, 11) is 0. The van der Waals surface area contributed by atoms with E-state index in [-0.39, 0.29) is 0 Å². The molecule has 4 nitrogen and oxygen atoms in total. The van der Waals surface area contributed by atoms with Crippen molar-refractivity contribution in [1.29, 1.82) is 0 Å². The maximum absolute atomic E-state index is 12.3. The van der Waals surface area contributed by atoms with E-state index in [1.807, 2.05) is 11.0 Å². The number of ether oxygens (including phenoxy) is 1. The van der Waals surface area contributed by atoms with Gasteiger partial charge >= 0.3 is 0 Å². The lowest BCUT2D eigenvalue weighted by Crippen LogP contribution is -2.45. The minimum absolute atomic E-state index is 0.298. The molecular weight excluding hydrogens is 312 g/mol. The van der Waals surface area contributed by atoms with Crippen LogP contribution in [0.5, 0.6) is 0 Å². The van der Waals surface area contributed by atoms with Crippen molar-refractivity contribution in [3.05, 3.63) is 35.9 Å². The fourth-order valence-corrected chi connectivity index (χ4v) is 3.41. The summed E-state index contributed by atoms with van der Waals surface area (Å²) in [4.78, 5) is 14.3. The van der Waals surface area contributed by atoms with Crippen LogP contribution in [0.4, 0.5) is 0 Å². The van der Waals surface area contributed by atoms with Crippen molar-refractivity contribution in [3.63, 3.8) is 0 Å². The predicted molar refractivity (Wildman–Crippen MR) is 101 cm³/mol. The Morgan fingerprint density at radius 1 is 1.08 bits per heavy atom. The Morgan fingerprint density at radius 2 is 1.84 bits per heavy atom. The van der Waals surface area contributed by atoms with Gasteiger partial charge in [0.1, 0.15) is 0 Å².